The smallest absolute Gasteiger partial charge is 0.314 e. The summed E-state index contributed by atoms with van der Waals surface area (Å²) in [4.78, 5) is 6.72. The summed E-state index contributed by atoms with van der Waals surface area (Å²) >= 11 is 5.78. The molecule has 0 radical (unpaired) electrons. The highest BCUT2D eigenvalue weighted by Gasteiger charge is 2.35. The molecular formula is C18H19ClF3N3. The normalized spacial score (nSPS) is 17.5. The summed E-state index contributed by atoms with van der Waals surface area (Å²) in [5.41, 5.74) is 1.33. The minimum absolute atomic E-state index is 0.285. The van der Waals surface area contributed by atoms with Crippen LogP contribution in [0.3, 0.4) is 0 Å². The van der Waals surface area contributed by atoms with Crippen LogP contribution in [0.1, 0.15) is 28.6 Å². The van der Waals surface area contributed by atoms with E-state index in [4.69, 9.17) is 11.6 Å². The van der Waals surface area contributed by atoms with Gasteiger partial charge in [-0.1, -0.05) is 23.7 Å². The molecule has 0 bridgehead atoms. The molecule has 1 N–H and O–H groups in total. The van der Waals surface area contributed by atoms with E-state index in [9.17, 15) is 13.2 Å². The van der Waals surface area contributed by atoms with Gasteiger partial charge in [0.1, 0.15) is 0 Å². The van der Waals surface area contributed by atoms with E-state index >= 15 is 0 Å². The van der Waals surface area contributed by atoms with Crippen molar-refractivity contribution in [1.29, 1.82) is 0 Å². The van der Waals surface area contributed by atoms with E-state index in [0.717, 1.165) is 43.6 Å². The highest BCUT2D eigenvalue weighted by Crippen LogP contribution is 2.38. The molecule has 1 saturated heterocycles. The van der Waals surface area contributed by atoms with Gasteiger partial charge in [-0.15, -0.1) is 0 Å². The van der Waals surface area contributed by atoms with Gasteiger partial charge in [0.2, 0.25) is 0 Å². The van der Waals surface area contributed by atoms with Crippen LogP contribution in [0, 0.1) is 6.92 Å². The molecule has 2 aromatic rings. The molecule has 2 heterocycles. The Balaban J connectivity index is 2.08. The molecule has 7 heteroatoms. The number of alkyl halides is 3. The first kappa shape index (κ1) is 18.2. The predicted molar refractivity (Wildman–Crippen MR) is 91.7 cm³/mol. The zero-order valence-corrected chi connectivity index (χ0v) is 14.5. The van der Waals surface area contributed by atoms with E-state index < -0.39 is 11.7 Å². The quantitative estimate of drug-likeness (QED) is 0.884. The van der Waals surface area contributed by atoms with Gasteiger partial charge >= 0.3 is 6.18 Å². The highest BCUT2D eigenvalue weighted by molar-refractivity contribution is 6.31. The van der Waals surface area contributed by atoms with Gasteiger partial charge in [0.05, 0.1) is 22.3 Å². The highest BCUT2D eigenvalue weighted by atomic mass is 35.5. The SMILES string of the molecule is Cc1cccc(C(c2ccc(Cl)c(C(F)(F)F)c2)N2CCNCC2)n1. The molecule has 1 aliphatic heterocycles. The molecule has 1 unspecified atom stereocenters. The van der Waals surface area contributed by atoms with Crippen LogP contribution >= 0.6 is 11.6 Å². The number of nitrogens with one attached hydrogen (secondary N) is 1. The molecule has 0 spiro atoms. The Labute approximate surface area is 149 Å². The minimum Gasteiger partial charge on any atom is -0.314 e. The second-order valence-electron chi connectivity index (χ2n) is 6.13. The zero-order valence-electron chi connectivity index (χ0n) is 13.8. The first-order valence-corrected chi connectivity index (χ1v) is 8.49. The third-order valence-electron chi connectivity index (χ3n) is 4.32. The van der Waals surface area contributed by atoms with E-state index in [2.05, 4.69) is 15.2 Å². The fourth-order valence-electron chi connectivity index (χ4n) is 3.16. The fraction of sp³-hybridized carbons (Fsp3) is 0.389. The Hall–Kier alpha value is -1.63. The molecule has 1 aliphatic rings. The van der Waals surface area contributed by atoms with Crippen LogP contribution in [0.15, 0.2) is 36.4 Å². The number of pyridine rings is 1. The van der Waals surface area contributed by atoms with Crippen molar-refractivity contribution in [3.05, 3.63) is 63.9 Å². The van der Waals surface area contributed by atoms with Crippen LogP contribution in [-0.4, -0.2) is 36.1 Å². The van der Waals surface area contributed by atoms with Gasteiger partial charge in [-0.25, -0.2) is 0 Å². The summed E-state index contributed by atoms with van der Waals surface area (Å²) in [6.07, 6.45) is -4.48. The lowest BCUT2D eigenvalue weighted by Gasteiger charge is -2.35. The lowest BCUT2D eigenvalue weighted by Crippen LogP contribution is -2.45. The molecule has 0 amide bonds. The molecule has 134 valence electrons. The molecule has 25 heavy (non-hydrogen) atoms. The summed E-state index contributed by atoms with van der Waals surface area (Å²) in [5, 5.41) is 2.98. The van der Waals surface area contributed by atoms with Crippen molar-refractivity contribution < 1.29 is 13.2 Å². The van der Waals surface area contributed by atoms with Gasteiger partial charge in [0.25, 0.3) is 0 Å². The van der Waals surface area contributed by atoms with Crippen molar-refractivity contribution in [1.82, 2.24) is 15.2 Å². The summed E-state index contributed by atoms with van der Waals surface area (Å²) in [7, 11) is 0. The second-order valence-corrected chi connectivity index (χ2v) is 6.54. The number of benzene rings is 1. The lowest BCUT2D eigenvalue weighted by molar-refractivity contribution is -0.137. The maximum atomic E-state index is 13.3. The lowest BCUT2D eigenvalue weighted by atomic mass is 9.98. The number of piperazine rings is 1. The molecule has 1 aromatic carbocycles. The van der Waals surface area contributed by atoms with Gasteiger partial charge in [-0.05, 0) is 36.8 Å². The van der Waals surface area contributed by atoms with E-state index in [1.807, 2.05) is 25.1 Å². The van der Waals surface area contributed by atoms with Gasteiger partial charge < -0.3 is 5.32 Å². The number of nitrogens with zero attached hydrogens (tertiary/aromatic N) is 2. The third-order valence-corrected chi connectivity index (χ3v) is 4.65. The van der Waals surface area contributed by atoms with Crippen molar-refractivity contribution >= 4 is 11.6 Å². The summed E-state index contributed by atoms with van der Waals surface area (Å²) in [5.74, 6) is 0. The van der Waals surface area contributed by atoms with Crippen LogP contribution in [0.25, 0.3) is 0 Å². The summed E-state index contributed by atoms with van der Waals surface area (Å²) < 4.78 is 39.8. The van der Waals surface area contributed by atoms with E-state index in [1.54, 1.807) is 6.07 Å². The number of aryl methyl sites for hydroxylation is 1. The maximum Gasteiger partial charge on any atom is 0.417 e. The van der Waals surface area contributed by atoms with Gasteiger partial charge in [0.15, 0.2) is 0 Å². The first-order valence-electron chi connectivity index (χ1n) is 8.11. The van der Waals surface area contributed by atoms with Gasteiger partial charge in [-0.3, -0.25) is 9.88 Å². The Bertz CT molecular complexity index is 743. The molecule has 0 aliphatic carbocycles. The molecule has 3 nitrogen and oxygen atoms in total. The van der Waals surface area contributed by atoms with Gasteiger partial charge in [0, 0.05) is 31.9 Å². The van der Waals surface area contributed by atoms with Crippen LogP contribution < -0.4 is 5.32 Å². The van der Waals surface area contributed by atoms with Crippen molar-refractivity contribution in [3.63, 3.8) is 0 Å². The average molecular weight is 370 g/mol. The monoisotopic (exact) mass is 369 g/mol. The van der Waals surface area contributed by atoms with E-state index in [-0.39, 0.29) is 11.1 Å². The standard InChI is InChI=1S/C18H19ClF3N3/c1-12-3-2-4-16(24-12)17(25-9-7-23-8-10-25)13-5-6-15(19)14(11-13)18(20,21)22/h2-6,11,17,23H,7-10H2,1H3. The van der Waals surface area contributed by atoms with Crippen molar-refractivity contribution in [2.24, 2.45) is 0 Å². The topological polar surface area (TPSA) is 28.2 Å². The Morgan fingerprint density at radius 1 is 1.16 bits per heavy atom. The Kier molecular flexibility index (Phi) is 5.32. The summed E-state index contributed by atoms with van der Waals surface area (Å²) in [6.45, 7) is 4.94. The molecular weight excluding hydrogens is 351 g/mol. The average Bonchev–Trinajstić information content (AvgIpc) is 2.57. The van der Waals surface area contributed by atoms with Crippen LogP contribution in [0.4, 0.5) is 13.2 Å². The largest absolute Gasteiger partial charge is 0.417 e. The number of hydrogen-bond acceptors (Lipinski definition) is 3. The zero-order chi connectivity index (χ0) is 18.0. The fourth-order valence-corrected chi connectivity index (χ4v) is 3.38. The van der Waals surface area contributed by atoms with Crippen molar-refractivity contribution in [2.45, 2.75) is 19.1 Å². The Morgan fingerprint density at radius 3 is 2.52 bits per heavy atom. The molecule has 1 aromatic heterocycles. The van der Waals surface area contributed by atoms with Crippen molar-refractivity contribution in [2.75, 3.05) is 26.2 Å². The summed E-state index contributed by atoms with van der Waals surface area (Å²) in [6, 6.07) is 9.43. The first-order chi connectivity index (χ1) is 11.9. The Morgan fingerprint density at radius 2 is 1.88 bits per heavy atom. The molecule has 1 fully saturated rings. The van der Waals surface area contributed by atoms with Crippen LogP contribution in [0.2, 0.25) is 5.02 Å². The van der Waals surface area contributed by atoms with E-state index in [1.165, 1.54) is 6.07 Å². The van der Waals surface area contributed by atoms with E-state index in [0.29, 0.717) is 5.56 Å². The third kappa shape index (κ3) is 4.14. The van der Waals surface area contributed by atoms with Crippen LogP contribution in [0.5, 0.6) is 0 Å². The second kappa shape index (κ2) is 7.32. The minimum atomic E-state index is -4.48. The molecule has 0 saturated carbocycles. The number of hydrogen-bond donors (Lipinski definition) is 1. The molecule has 3 rings (SSSR count). The maximum absolute atomic E-state index is 13.3. The number of aromatic nitrogens is 1. The number of rotatable bonds is 3. The van der Waals surface area contributed by atoms with Gasteiger partial charge in [-0.2, -0.15) is 13.2 Å². The predicted octanol–water partition coefficient (Wildman–Crippen LogP) is 4.06. The van der Waals surface area contributed by atoms with Crippen molar-refractivity contribution in [3.8, 4) is 0 Å². The molecule has 1 atom stereocenters. The number of halogens is 4. The van der Waals surface area contributed by atoms with Crippen LogP contribution in [-0.2, 0) is 6.18 Å².